The van der Waals surface area contributed by atoms with Crippen LogP contribution >= 0.6 is 0 Å². The van der Waals surface area contributed by atoms with Crippen LogP contribution in [0, 0.1) is 24.2 Å². The first-order chi connectivity index (χ1) is 6.61. The fraction of sp³-hybridized carbons (Fsp3) is 0.444. The molecule has 0 aromatic carbocycles. The second-order valence-electron chi connectivity index (χ2n) is 3.16. The topological polar surface area (TPSA) is 87.6 Å². The van der Waals surface area contributed by atoms with Crippen molar-refractivity contribution in [2.75, 3.05) is 17.6 Å². The van der Waals surface area contributed by atoms with Crippen molar-refractivity contribution in [3.8, 4) is 6.07 Å². The number of hydrogen-bond acceptors (Lipinski definition) is 5. The van der Waals surface area contributed by atoms with Crippen molar-refractivity contribution in [1.29, 1.82) is 5.26 Å². The summed E-state index contributed by atoms with van der Waals surface area (Å²) in [5, 5.41) is 11.6. The number of rotatable bonds is 3. The number of nitrogens with one attached hydrogen (secondary N) is 1. The third-order valence-electron chi connectivity index (χ3n) is 1.68. The van der Waals surface area contributed by atoms with Crippen LogP contribution in [0.4, 0.5) is 11.8 Å². The maximum atomic E-state index is 8.57. The van der Waals surface area contributed by atoms with Crippen LogP contribution in [0.1, 0.15) is 12.6 Å². The van der Waals surface area contributed by atoms with Gasteiger partial charge in [-0.15, -0.1) is 0 Å². The summed E-state index contributed by atoms with van der Waals surface area (Å²) in [6.45, 7) is 4.24. The van der Waals surface area contributed by atoms with Gasteiger partial charge in [-0.25, -0.2) is 4.98 Å². The summed E-state index contributed by atoms with van der Waals surface area (Å²) in [4.78, 5) is 7.93. The summed E-state index contributed by atoms with van der Waals surface area (Å²) in [7, 11) is 0. The molecule has 0 amide bonds. The summed E-state index contributed by atoms with van der Waals surface area (Å²) in [5.74, 6) is 0.862. The third-order valence-corrected chi connectivity index (χ3v) is 1.68. The molecule has 0 aliphatic heterocycles. The highest BCUT2D eigenvalue weighted by molar-refractivity contribution is 5.40. The van der Waals surface area contributed by atoms with Crippen molar-refractivity contribution in [3.05, 3.63) is 11.8 Å². The molecule has 0 aliphatic rings. The molecule has 0 bridgehead atoms. The van der Waals surface area contributed by atoms with Crippen molar-refractivity contribution in [2.24, 2.45) is 5.92 Å². The first kappa shape index (κ1) is 10.3. The number of hydrogen-bond donors (Lipinski definition) is 2. The molecule has 3 N–H and O–H groups in total. The molecular weight excluding hydrogens is 178 g/mol. The number of nitrogens with two attached hydrogens (primary N) is 1. The Morgan fingerprint density at radius 1 is 1.64 bits per heavy atom. The molecule has 1 rings (SSSR count). The maximum Gasteiger partial charge on any atom is 0.222 e. The van der Waals surface area contributed by atoms with E-state index in [-0.39, 0.29) is 11.9 Å². The van der Waals surface area contributed by atoms with Gasteiger partial charge in [0.2, 0.25) is 5.95 Å². The second-order valence-corrected chi connectivity index (χ2v) is 3.16. The van der Waals surface area contributed by atoms with Gasteiger partial charge in [0.1, 0.15) is 5.82 Å². The molecule has 74 valence electrons. The predicted octanol–water partition coefficient (Wildman–Crippen LogP) is 0.939. The lowest BCUT2D eigenvalue weighted by Gasteiger charge is -2.07. The smallest absolute Gasteiger partial charge is 0.222 e. The van der Waals surface area contributed by atoms with Crippen LogP contribution in [-0.2, 0) is 0 Å². The van der Waals surface area contributed by atoms with E-state index in [0.717, 1.165) is 5.69 Å². The Hall–Kier alpha value is -1.83. The molecule has 5 nitrogen and oxygen atoms in total. The van der Waals surface area contributed by atoms with Crippen LogP contribution in [0.5, 0.6) is 0 Å². The first-order valence-electron chi connectivity index (χ1n) is 4.36. The molecule has 1 aromatic heterocycles. The van der Waals surface area contributed by atoms with E-state index < -0.39 is 0 Å². The van der Waals surface area contributed by atoms with Crippen LogP contribution in [-0.4, -0.2) is 16.5 Å². The van der Waals surface area contributed by atoms with Gasteiger partial charge < -0.3 is 11.1 Å². The van der Waals surface area contributed by atoms with Gasteiger partial charge in [0.25, 0.3) is 0 Å². The van der Waals surface area contributed by atoms with Gasteiger partial charge in [-0.2, -0.15) is 10.2 Å². The molecule has 5 heteroatoms. The maximum absolute atomic E-state index is 8.57. The zero-order valence-electron chi connectivity index (χ0n) is 8.28. The number of nitriles is 1. The Morgan fingerprint density at radius 3 is 2.93 bits per heavy atom. The van der Waals surface area contributed by atoms with Crippen LogP contribution in [0.25, 0.3) is 0 Å². The van der Waals surface area contributed by atoms with Crippen molar-refractivity contribution in [3.63, 3.8) is 0 Å². The van der Waals surface area contributed by atoms with E-state index in [4.69, 9.17) is 11.0 Å². The monoisotopic (exact) mass is 191 g/mol. The lowest BCUT2D eigenvalue weighted by molar-refractivity contribution is 0.782. The van der Waals surface area contributed by atoms with E-state index in [9.17, 15) is 0 Å². The van der Waals surface area contributed by atoms with Crippen molar-refractivity contribution in [2.45, 2.75) is 13.8 Å². The van der Waals surface area contributed by atoms with Gasteiger partial charge in [-0.3, -0.25) is 0 Å². The van der Waals surface area contributed by atoms with E-state index in [1.165, 1.54) is 0 Å². The number of nitrogen functional groups attached to an aromatic ring is 1. The van der Waals surface area contributed by atoms with Crippen molar-refractivity contribution in [1.82, 2.24) is 9.97 Å². The van der Waals surface area contributed by atoms with E-state index in [1.807, 2.05) is 13.8 Å². The summed E-state index contributed by atoms with van der Waals surface area (Å²) in [6, 6.07) is 3.92. The van der Waals surface area contributed by atoms with Crippen LogP contribution < -0.4 is 11.1 Å². The van der Waals surface area contributed by atoms with Gasteiger partial charge in [0, 0.05) is 18.3 Å². The molecule has 0 saturated carbocycles. The zero-order valence-corrected chi connectivity index (χ0v) is 8.28. The minimum Gasteiger partial charge on any atom is -0.369 e. The molecule has 14 heavy (non-hydrogen) atoms. The lowest BCUT2D eigenvalue weighted by atomic mass is 10.2. The second kappa shape index (κ2) is 4.42. The summed E-state index contributed by atoms with van der Waals surface area (Å²) < 4.78 is 0. The number of nitrogens with zero attached hydrogens (tertiary/aromatic N) is 3. The van der Waals surface area contributed by atoms with Gasteiger partial charge in [0.05, 0.1) is 12.0 Å². The van der Waals surface area contributed by atoms with Crippen LogP contribution in [0.3, 0.4) is 0 Å². The molecule has 0 aliphatic carbocycles. The minimum atomic E-state index is -0.0495. The largest absolute Gasteiger partial charge is 0.369 e. The molecular formula is C9H13N5. The Labute approximate surface area is 83.0 Å². The quantitative estimate of drug-likeness (QED) is 0.742. The molecule has 0 radical (unpaired) electrons. The van der Waals surface area contributed by atoms with E-state index in [0.29, 0.717) is 12.4 Å². The summed E-state index contributed by atoms with van der Waals surface area (Å²) >= 11 is 0. The van der Waals surface area contributed by atoms with Crippen molar-refractivity contribution < 1.29 is 0 Å². The van der Waals surface area contributed by atoms with Gasteiger partial charge in [0.15, 0.2) is 0 Å². The average molecular weight is 191 g/mol. The Balaban J connectivity index is 2.64. The van der Waals surface area contributed by atoms with Crippen LogP contribution in [0.15, 0.2) is 6.07 Å². The SMILES string of the molecule is Cc1cc(NCC(C)C#N)nc(N)n1. The summed E-state index contributed by atoms with van der Waals surface area (Å²) in [5.41, 5.74) is 6.28. The van der Waals surface area contributed by atoms with Gasteiger partial charge in [-0.1, -0.05) is 0 Å². The molecule has 1 aromatic rings. The fourth-order valence-electron chi connectivity index (χ4n) is 0.985. The molecule has 0 fully saturated rings. The number of anilines is 2. The Kier molecular flexibility index (Phi) is 3.24. The highest BCUT2D eigenvalue weighted by atomic mass is 15.1. The zero-order chi connectivity index (χ0) is 10.6. The highest BCUT2D eigenvalue weighted by Crippen LogP contribution is 2.07. The molecule has 0 spiro atoms. The van der Waals surface area contributed by atoms with Crippen LogP contribution in [0.2, 0.25) is 0 Å². The van der Waals surface area contributed by atoms with E-state index >= 15 is 0 Å². The minimum absolute atomic E-state index is 0.0495. The standard InChI is InChI=1S/C9H13N5/c1-6(4-10)5-12-8-3-7(2)13-9(11)14-8/h3,6H,5H2,1-2H3,(H3,11,12,13,14). The lowest BCUT2D eigenvalue weighted by Crippen LogP contribution is -2.11. The third kappa shape index (κ3) is 2.90. The number of aryl methyl sites for hydroxylation is 1. The van der Waals surface area contributed by atoms with E-state index in [2.05, 4.69) is 21.4 Å². The average Bonchev–Trinajstić information content (AvgIpc) is 2.12. The normalized spacial score (nSPS) is 11.8. The number of aromatic nitrogens is 2. The molecule has 1 heterocycles. The predicted molar refractivity (Wildman–Crippen MR) is 54.4 cm³/mol. The highest BCUT2D eigenvalue weighted by Gasteiger charge is 2.01. The first-order valence-corrected chi connectivity index (χ1v) is 4.36. The van der Waals surface area contributed by atoms with Gasteiger partial charge >= 0.3 is 0 Å². The molecule has 1 unspecified atom stereocenters. The van der Waals surface area contributed by atoms with Gasteiger partial charge in [-0.05, 0) is 13.8 Å². The Bertz CT molecular complexity index is 334. The molecule has 1 atom stereocenters. The molecule has 0 saturated heterocycles. The Morgan fingerprint density at radius 2 is 2.36 bits per heavy atom. The summed E-state index contributed by atoms with van der Waals surface area (Å²) in [6.07, 6.45) is 0. The van der Waals surface area contributed by atoms with E-state index in [1.54, 1.807) is 6.07 Å². The fourth-order valence-corrected chi connectivity index (χ4v) is 0.985. The van der Waals surface area contributed by atoms with Crippen molar-refractivity contribution >= 4 is 11.8 Å².